The van der Waals surface area contributed by atoms with E-state index in [0.717, 1.165) is 50.1 Å². The highest BCUT2D eigenvalue weighted by Gasteiger charge is 2.24. The second kappa shape index (κ2) is 11.3. The zero-order chi connectivity index (χ0) is 23.0. The third-order valence-corrected chi connectivity index (χ3v) is 6.71. The molecule has 0 radical (unpaired) electrons. The summed E-state index contributed by atoms with van der Waals surface area (Å²) in [4.78, 5) is 21.8. The Morgan fingerprint density at radius 3 is 2.79 bits per heavy atom. The Kier molecular flexibility index (Phi) is 8.00. The van der Waals surface area contributed by atoms with Crippen LogP contribution in [0.1, 0.15) is 42.4 Å². The lowest BCUT2D eigenvalue weighted by Crippen LogP contribution is -2.37. The summed E-state index contributed by atoms with van der Waals surface area (Å²) in [5, 5.41) is 0. The van der Waals surface area contributed by atoms with Crippen molar-refractivity contribution in [3.63, 3.8) is 0 Å². The molecule has 2 aliphatic rings. The highest BCUT2D eigenvalue weighted by Crippen LogP contribution is 2.33. The number of hydrogen-bond acceptors (Lipinski definition) is 5. The van der Waals surface area contributed by atoms with Gasteiger partial charge in [-0.3, -0.25) is 9.78 Å². The maximum atomic E-state index is 13.1. The minimum Gasteiger partial charge on any atom is -0.493 e. The van der Waals surface area contributed by atoms with Crippen molar-refractivity contribution in [3.05, 3.63) is 59.5 Å². The molecule has 6 nitrogen and oxygen atoms in total. The van der Waals surface area contributed by atoms with Gasteiger partial charge in [-0.1, -0.05) is 12.5 Å². The summed E-state index contributed by atoms with van der Waals surface area (Å²) < 4.78 is 10.9. The minimum atomic E-state index is 0.143. The van der Waals surface area contributed by atoms with Crippen LogP contribution >= 0.6 is 0 Å². The number of benzene rings is 1. The number of hydrogen-bond donors (Lipinski definition) is 0. The largest absolute Gasteiger partial charge is 0.493 e. The fraction of sp³-hybridized carbons (Fsp3) is 0.481. The average Bonchev–Trinajstić information content (AvgIpc) is 3.15. The van der Waals surface area contributed by atoms with Gasteiger partial charge >= 0.3 is 0 Å². The quantitative estimate of drug-likeness (QED) is 0.605. The van der Waals surface area contributed by atoms with Gasteiger partial charge in [0.05, 0.1) is 20.6 Å². The van der Waals surface area contributed by atoms with Crippen LogP contribution in [0.4, 0.5) is 0 Å². The lowest BCUT2D eigenvalue weighted by Gasteiger charge is -2.28. The van der Waals surface area contributed by atoms with Crippen molar-refractivity contribution in [1.29, 1.82) is 0 Å². The number of amides is 1. The molecule has 0 spiro atoms. The van der Waals surface area contributed by atoms with E-state index >= 15 is 0 Å². The Labute approximate surface area is 197 Å². The number of carbonyl (C=O) groups excluding carboxylic acids is 1. The maximum Gasteiger partial charge on any atom is 0.230 e. The van der Waals surface area contributed by atoms with Gasteiger partial charge in [-0.15, -0.1) is 0 Å². The van der Waals surface area contributed by atoms with Gasteiger partial charge in [-0.2, -0.15) is 0 Å². The number of fused-ring (bicyclic) bond motifs is 1. The second-order valence-corrected chi connectivity index (χ2v) is 9.07. The van der Waals surface area contributed by atoms with Crippen LogP contribution in [0.25, 0.3) is 6.08 Å². The lowest BCUT2D eigenvalue weighted by molar-refractivity contribution is -0.128. The third kappa shape index (κ3) is 6.14. The number of aryl methyl sites for hydroxylation is 1. The monoisotopic (exact) mass is 449 g/mol. The average molecular weight is 450 g/mol. The molecule has 0 bridgehead atoms. The van der Waals surface area contributed by atoms with Crippen molar-refractivity contribution in [2.75, 3.05) is 40.4 Å². The Hall–Kier alpha value is -2.86. The SMILES string of the molecule is COc1cc2c(cc1OC)CC(=O)N(CC1CCCCN(CCCc3cccnc3)C1)C=C2. The van der Waals surface area contributed by atoms with E-state index in [4.69, 9.17) is 9.47 Å². The smallest absolute Gasteiger partial charge is 0.230 e. The molecule has 1 atom stereocenters. The van der Waals surface area contributed by atoms with Crippen molar-refractivity contribution in [2.24, 2.45) is 5.92 Å². The molecule has 1 unspecified atom stereocenters. The molecule has 176 valence electrons. The van der Waals surface area contributed by atoms with E-state index in [1.165, 1.54) is 24.8 Å². The van der Waals surface area contributed by atoms with Crippen LogP contribution in [0.15, 0.2) is 42.9 Å². The maximum absolute atomic E-state index is 13.1. The first kappa shape index (κ1) is 23.3. The van der Waals surface area contributed by atoms with Crippen LogP contribution in [0, 0.1) is 5.92 Å². The van der Waals surface area contributed by atoms with Gasteiger partial charge in [-0.05, 0) is 85.7 Å². The summed E-state index contributed by atoms with van der Waals surface area (Å²) in [6.07, 6.45) is 14.0. The molecular weight excluding hydrogens is 414 g/mol. The Morgan fingerprint density at radius 1 is 1.15 bits per heavy atom. The third-order valence-electron chi connectivity index (χ3n) is 6.71. The minimum absolute atomic E-state index is 0.143. The van der Waals surface area contributed by atoms with Crippen molar-refractivity contribution >= 4 is 12.0 Å². The Bertz CT molecular complexity index is 961. The molecule has 33 heavy (non-hydrogen) atoms. The molecular formula is C27H35N3O3. The van der Waals surface area contributed by atoms with Crippen LogP contribution in [0.5, 0.6) is 11.5 Å². The van der Waals surface area contributed by atoms with Crippen molar-refractivity contribution in [2.45, 2.75) is 38.5 Å². The van der Waals surface area contributed by atoms with E-state index in [1.54, 1.807) is 14.2 Å². The number of aromatic nitrogens is 1. The molecule has 6 heteroatoms. The Balaban J connectivity index is 1.36. The van der Waals surface area contributed by atoms with Gasteiger partial charge in [-0.25, -0.2) is 0 Å². The molecule has 1 amide bonds. The van der Waals surface area contributed by atoms with Crippen LogP contribution in [0.3, 0.4) is 0 Å². The number of ether oxygens (including phenoxy) is 2. The fourth-order valence-electron chi connectivity index (χ4n) is 4.92. The number of likely N-dealkylation sites (tertiary alicyclic amines) is 1. The van der Waals surface area contributed by atoms with Gasteiger partial charge in [0.15, 0.2) is 11.5 Å². The fourth-order valence-corrected chi connectivity index (χ4v) is 4.92. The van der Waals surface area contributed by atoms with Crippen LogP contribution in [-0.2, 0) is 17.6 Å². The number of carbonyl (C=O) groups is 1. The summed E-state index contributed by atoms with van der Waals surface area (Å²) >= 11 is 0. The van der Waals surface area contributed by atoms with E-state index in [9.17, 15) is 4.79 Å². The number of nitrogens with zero attached hydrogens (tertiary/aromatic N) is 3. The first-order chi connectivity index (χ1) is 16.2. The summed E-state index contributed by atoms with van der Waals surface area (Å²) in [7, 11) is 3.26. The zero-order valence-corrected chi connectivity index (χ0v) is 19.8. The summed E-state index contributed by atoms with van der Waals surface area (Å²) in [5.41, 5.74) is 3.30. The van der Waals surface area contributed by atoms with Gasteiger partial charge in [0.25, 0.3) is 0 Å². The molecule has 3 heterocycles. The zero-order valence-electron chi connectivity index (χ0n) is 19.8. The molecule has 0 saturated carbocycles. The molecule has 1 fully saturated rings. The standard InChI is InChI=1S/C27H35N3O3/c1-32-25-15-23-10-14-30(27(31)17-24(23)16-26(25)33-2)20-22-7-3-4-12-29(19-22)13-6-9-21-8-5-11-28-18-21/h5,8,10-11,14-16,18,22H,3-4,6-7,9,12-13,17,19-20H2,1-2H3. The van der Waals surface area contributed by atoms with Crippen LogP contribution in [0.2, 0.25) is 0 Å². The van der Waals surface area contributed by atoms with Gasteiger partial charge in [0.1, 0.15) is 0 Å². The predicted octanol–water partition coefficient (Wildman–Crippen LogP) is 4.19. The molecule has 1 saturated heterocycles. The number of rotatable bonds is 8. The van der Waals surface area contributed by atoms with Crippen molar-refractivity contribution in [1.82, 2.24) is 14.8 Å². The first-order valence-corrected chi connectivity index (χ1v) is 12.0. The van der Waals surface area contributed by atoms with Gasteiger partial charge in [0.2, 0.25) is 5.91 Å². The first-order valence-electron chi connectivity index (χ1n) is 12.0. The summed E-state index contributed by atoms with van der Waals surface area (Å²) in [6.45, 7) is 4.08. The molecule has 2 aliphatic heterocycles. The van der Waals surface area contributed by atoms with E-state index in [2.05, 4.69) is 16.0 Å². The highest BCUT2D eigenvalue weighted by molar-refractivity contribution is 5.84. The topological polar surface area (TPSA) is 54.9 Å². The molecule has 1 aromatic carbocycles. The highest BCUT2D eigenvalue weighted by atomic mass is 16.5. The van der Waals surface area contributed by atoms with Gasteiger partial charge < -0.3 is 19.3 Å². The lowest BCUT2D eigenvalue weighted by atomic mass is 10.0. The molecule has 4 rings (SSSR count). The van der Waals surface area contributed by atoms with E-state index in [0.29, 0.717) is 23.8 Å². The molecule has 1 aromatic heterocycles. The van der Waals surface area contributed by atoms with E-state index in [1.807, 2.05) is 47.8 Å². The molecule has 2 aromatic rings. The van der Waals surface area contributed by atoms with E-state index in [-0.39, 0.29) is 5.91 Å². The predicted molar refractivity (Wildman–Crippen MR) is 130 cm³/mol. The van der Waals surface area contributed by atoms with Crippen molar-refractivity contribution < 1.29 is 14.3 Å². The summed E-state index contributed by atoms with van der Waals surface area (Å²) in [5.74, 6) is 1.98. The normalized spacial score (nSPS) is 19.0. The second-order valence-electron chi connectivity index (χ2n) is 9.07. The molecule has 0 N–H and O–H groups in total. The number of pyridine rings is 1. The molecule has 0 aliphatic carbocycles. The van der Waals surface area contributed by atoms with E-state index < -0.39 is 0 Å². The van der Waals surface area contributed by atoms with Crippen molar-refractivity contribution in [3.8, 4) is 11.5 Å². The van der Waals surface area contributed by atoms with Crippen LogP contribution < -0.4 is 9.47 Å². The summed E-state index contributed by atoms with van der Waals surface area (Å²) in [6, 6.07) is 8.04. The van der Waals surface area contributed by atoms with Gasteiger partial charge in [0, 0.05) is 31.7 Å². The van der Waals surface area contributed by atoms with Crippen LogP contribution in [-0.4, -0.2) is 61.1 Å². The Morgan fingerprint density at radius 2 is 2.00 bits per heavy atom. The number of methoxy groups -OCH3 is 2.